The maximum Gasteiger partial charge on any atom is 0.293 e. The molecule has 0 fully saturated rings. The summed E-state index contributed by atoms with van der Waals surface area (Å²) in [6, 6.07) is 13.5. The summed E-state index contributed by atoms with van der Waals surface area (Å²) < 4.78 is 0.860. The third kappa shape index (κ3) is 3.93. The summed E-state index contributed by atoms with van der Waals surface area (Å²) in [6.07, 6.45) is 0.838. The number of halogens is 1. The van der Waals surface area contributed by atoms with Gasteiger partial charge in [0.15, 0.2) is 0 Å². The SMILES string of the molecule is Cc1cccc(CCNc2ccc(I)cc2[N+](=O)[O-])c1. The average Bonchev–Trinajstić information content (AvgIpc) is 2.40. The smallest absolute Gasteiger partial charge is 0.293 e. The first kappa shape index (κ1) is 14.8. The van der Waals surface area contributed by atoms with Crippen molar-refractivity contribution in [3.63, 3.8) is 0 Å². The van der Waals surface area contributed by atoms with Crippen LogP contribution in [0.15, 0.2) is 42.5 Å². The van der Waals surface area contributed by atoms with Crippen molar-refractivity contribution in [2.24, 2.45) is 0 Å². The Balaban J connectivity index is 2.02. The Bertz CT molecular complexity index is 629. The minimum absolute atomic E-state index is 0.126. The van der Waals surface area contributed by atoms with Gasteiger partial charge in [0.2, 0.25) is 0 Å². The van der Waals surface area contributed by atoms with Crippen molar-refractivity contribution in [2.45, 2.75) is 13.3 Å². The van der Waals surface area contributed by atoms with E-state index in [0.29, 0.717) is 12.2 Å². The predicted octanol–water partition coefficient (Wildman–Crippen LogP) is 4.16. The summed E-state index contributed by atoms with van der Waals surface area (Å²) in [7, 11) is 0. The molecule has 0 aliphatic heterocycles. The van der Waals surface area contributed by atoms with Gasteiger partial charge in [0.05, 0.1) is 4.92 Å². The molecule has 4 nitrogen and oxygen atoms in total. The predicted molar refractivity (Wildman–Crippen MR) is 89.2 cm³/mol. The molecule has 0 spiro atoms. The van der Waals surface area contributed by atoms with Gasteiger partial charge in [-0.1, -0.05) is 29.8 Å². The van der Waals surface area contributed by atoms with Gasteiger partial charge in [-0.2, -0.15) is 0 Å². The number of nitro benzene ring substituents is 1. The van der Waals surface area contributed by atoms with Gasteiger partial charge in [0.25, 0.3) is 5.69 Å². The number of benzene rings is 2. The standard InChI is InChI=1S/C15H15IN2O2/c1-11-3-2-4-12(9-11)7-8-17-14-6-5-13(16)10-15(14)18(19)20/h2-6,9-10,17H,7-8H2,1H3. The number of rotatable bonds is 5. The molecule has 5 heteroatoms. The molecule has 104 valence electrons. The average molecular weight is 382 g/mol. The molecule has 2 aromatic rings. The number of hydrogen-bond donors (Lipinski definition) is 1. The fourth-order valence-corrected chi connectivity index (χ4v) is 2.49. The second kappa shape index (κ2) is 6.69. The van der Waals surface area contributed by atoms with E-state index in [1.165, 1.54) is 11.1 Å². The van der Waals surface area contributed by atoms with E-state index >= 15 is 0 Å². The fourth-order valence-electron chi connectivity index (χ4n) is 2.01. The number of aryl methyl sites for hydroxylation is 1. The minimum Gasteiger partial charge on any atom is -0.379 e. The maximum absolute atomic E-state index is 11.0. The molecule has 2 rings (SSSR count). The van der Waals surface area contributed by atoms with Gasteiger partial charge in [-0.15, -0.1) is 0 Å². The first-order chi connectivity index (χ1) is 9.56. The fraction of sp³-hybridized carbons (Fsp3) is 0.200. The third-order valence-corrected chi connectivity index (χ3v) is 3.64. The maximum atomic E-state index is 11.0. The Hall–Kier alpha value is -1.63. The van der Waals surface area contributed by atoms with Gasteiger partial charge >= 0.3 is 0 Å². The van der Waals surface area contributed by atoms with E-state index in [1.807, 2.05) is 12.1 Å². The monoisotopic (exact) mass is 382 g/mol. The number of nitro groups is 1. The quantitative estimate of drug-likeness (QED) is 0.480. The van der Waals surface area contributed by atoms with Crippen LogP contribution in [0, 0.1) is 20.6 Å². The molecule has 0 bridgehead atoms. The lowest BCUT2D eigenvalue weighted by atomic mass is 10.1. The number of anilines is 1. The molecule has 1 N–H and O–H groups in total. The van der Waals surface area contributed by atoms with E-state index in [9.17, 15) is 10.1 Å². The van der Waals surface area contributed by atoms with Crippen LogP contribution in [-0.2, 0) is 6.42 Å². The normalized spacial score (nSPS) is 10.3. The largest absolute Gasteiger partial charge is 0.379 e. The van der Waals surface area contributed by atoms with E-state index in [2.05, 4.69) is 53.0 Å². The summed E-state index contributed by atoms with van der Waals surface area (Å²) in [5, 5.41) is 14.2. The highest BCUT2D eigenvalue weighted by Crippen LogP contribution is 2.26. The number of nitrogens with zero attached hydrogens (tertiary/aromatic N) is 1. The van der Waals surface area contributed by atoms with Crippen LogP contribution in [0.25, 0.3) is 0 Å². The molecule has 20 heavy (non-hydrogen) atoms. The lowest BCUT2D eigenvalue weighted by molar-refractivity contribution is -0.384. The van der Waals surface area contributed by atoms with Gasteiger partial charge < -0.3 is 5.32 Å². The van der Waals surface area contributed by atoms with E-state index in [1.54, 1.807) is 12.1 Å². The summed E-state index contributed by atoms with van der Waals surface area (Å²) in [5.74, 6) is 0. The van der Waals surface area contributed by atoms with Gasteiger partial charge in [0, 0.05) is 16.2 Å². The Morgan fingerprint density at radius 1 is 1.25 bits per heavy atom. The number of hydrogen-bond acceptors (Lipinski definition) is 3. The molecule has 0 aliphatic carbocycles. The Labute approximate surface area is 131 Å². The highest BCUT2D eigenvalue weighted by Gasteiger charge is 2.13. The van der Waals surface area contributed by atoms with Crippen molar-refractivity contribution in [3.05, 3.63) is 67.3 Å². The highest BCUT2D eigenvalue weighted by atomic mass is 127. The van der Waals surface area contributed by atoms with Crippen LogP contribution >= 0.6 is 22.6 Å². The summed E-state index contributed by atoms with van der Waals surface area (Å²) in [6.45, 7) is 2.73. The molecule has 2 aromatic carbocycles. The summed E-state index contributed by atoms with van der Waals surface area (Å²) in [5.41, 5.74) is 3.15. The van der Waals surface area contributed by atoms with Gasteiger partial charge in [0.1, 0.15) is 5.69 Å². The molecule has 0 amide bonds. The lowest BCUT2D eigenvalue weighted by Gasteiger charge is -2.08. The molecular weight excluding hydrogens is 367 g/mol. The third-order valence-electron chi connectivity index (χ3n) is 2.97. The van der Waals surface area contributed by atoms with E-state index < -0.39 is 0 Å². The highest BCUT2D eigenvalue weighted by molar-refractivity contribution is 14.1. The lowest BCUT2D eigenvalue weighted by Crippen LogP contribution is -2.07. The van der Waals surface area contributed by atoms with Crippen LogP contribution in [-0.4, -0.2) is 11.5 Å². The first-order valence-corrected chi connectivity index (χ1v) is 7.37. The molecule has 0 aliphatic rings. The zero-order valence-corrected chi connectivity index (χ0v) is 13.3. The zero-order valence-electron chi connectivity index (χ0n) is 11.1. The Morgan fingerprint density at radius 2 is 2.05 bits per heavy atom. The molecule has 0 radical (unpaired) electrons. The Morgan fingerprint density at radius 3 is 2.75 bits per heavy atom. The van der Waals surface area contributed by atoms with Crippen molar-refractivity contribution in [1.82, 2.24) is 0 Å². The van der Waals surface area contributed by atoms with Crippen LogP contribution in [0.5, 0.6) is 0 Å². The van der Waals surface area contributed by atoms with Crippen LogP contribution < -0.4 is 5.32 Å². The second-order valence-corrected chi connectivity index (χ2v) is 5.83. The molecule has 0 heterocycles. The number of nitrogens with one attached hydrogen (secondary N) is 1. The summed E-state index contributed by atoms with van der Waals surface area (Å²) >= 11 is 2.07. The van der Waals surface area contributed by atoms with Gasteiger partial charge in [-0.25, -0.2) is 0 Å². The van der Waals surface area contributed by atoms with E-state index in [-0.39, 0.29) is 10.6 Å². The molecule has 0 unspecified atom stereocenters. The second-order valence-electron chi connectivity index (χ2n) is 4.58. The van der Waals surface area contributed by atoms with E-state index in [4.69, 9.17) is 0 Å². The van der Waals surface area contributed by atoms with Crippen molar-refractivity contribution in [2.75, 3.05) is 11.9 Å². The topological polar surface area (TPSA) is 55.2 Å². The zero-order chi connectivity index (χ0) is 14.5. The van der Waals surface area contributed by atoms with Crippen LogP contribution in [0.1, 0.15) is 11.1 Å². The molecular formula is C15H15IN2O2. The van der Waals surface area contributed by atoms with Crippen molar-refractivity contribution >= 4 is 34.0 Å². The van der Waals surface area contributed by atoms with E-state index in [0.717, 1.165) is 9.99 Å². The van der Waals surface area contributed by atoms with Gasteiger partial charge in [-0.3, -0.25) is 10.1 Å². The minimum atomic E-state index is -0.350. The summed E-state index contributed by atoms with van der Waals surface area (Å²) in [4.78, 5) is 10.7. The van der Waals surface area contributed by atoms with Crippen LogP contribution in [0.4, 0.5) is 11.4 Å². The van der Waals surface area contributed by atoms with Crippen molar-refractivity contribution in [1.29, 1.82) is 0 Å². The first-order valence-electron chi connectivity index (χ1n) is 6.29. The van der Waals surface area contributed by atoms with Crippen molar-refractivity contribution in [3.8, 4) is 0 Å². The van der Waals surface area contributed by atoms with Crippen molar-refractivity contribution < 1.29 is 4.92 Å². The molecule has 0 saturated heterocycles. The molecule has 0 atom stereocenters. The van der Waals surface area contributed by atoms with Crippen LogP contribution in [0.2, 0.25) is 0 Å². The van der Waals surface area contributed by atoms with Gasteiger partial charge in [-0.05, 0) is 53.6 Å². The van der Waals surface area contributed by atoms with Crippen LogP contribution in [0.3, 0.4) is 0 Å². The molecule has 0 aromatic heterocycles. The Kier molecular flexibility index (Phi) is 4.94. The molecule has 0 saturated carbocycles.